The summed E-state index contributed by atoms with van der Waals surface area (Å²) in [6, 6.07) is 35.5. The Morgan fingerprint density at radius 2 is 1.51 bits per heavy atom. The molecule has 0 radical (unpaired) electrons. The summed E-state index contributed by atoms with van der Waals surface area (Å²) in [4.78, 5) is 14.8. The summed E-state index contributed by atoms with van der Waals surface area (Å²) in [6.45, 7) is 0.864. The molecule has 4 aromatic rings. The number of nitriles is 1. The Balaban J connectivity index is 1.53. The van der Waals surface area contributed by atoms with Crippen molar-refractivity contribution in [3.8, 4) is 17.2 Å². The van der Waals surface area contributed by atoms with Crippen LogP contribution in [0.4, 0.5) is 0 Å². The van der Waals surface area contributed by atoms with Crippen molar-refractivity contribution in [1.29, 1.82) is 5.26 Å². The second-order valence-corrected chi connectivity index (χ2v) is 10.4. The molecule has 1 amide bonds. The summed E-state index contributed by atoms with van der Waals surface area (Å²) in [5, 5.41) is 22.9. The quantitative estimate of drug-likeness (QED) is 0.280. The van der Waals surface area contributed by atoms with E-state index in [0.29, 0.717) is 24.0 Å². The van der Waals surface area contributed by atoms with E-state index in [1.165, 1.54) is 10.5 Å². The van der Waals surface area contributed by atoms with Gasteiger partial charge in [-0.15, -0.1) is 0 Å². The van der Waals surface area contributed by atoms with Gasteiger partial charge in [0, 0.05) is 29.7 Å². The molecule has 0 fully saturated rings. The van der Waals surface area contributed by atoms with Crippen molar-refractivity contribution in [3.63, 3.8) is 0 Å². The van der Waals surface area contributed by atoms with Crippen molar-refractivity contribution in [2.24, 2.45) is 5.92 Å². The Morgan fingerprint density at radius 1 is 0.821 bits per heavy atom. The van der Waals surface area contributed by atoms with Crippen LogP contribution in [0.2, 0.25) is 0 Å². The van der Waals surface area contributed by atoms with Crippen LogP contribution in [0.5, 0.6) is 0 Å². The van der Waals surface area contributed by atoms with Crippen molar-refractivity contribution in [3.05, 3.63) is 131 Å². The van der Waals surface area contributed by atoms with Crippen LogP contribution in [0.25, 0.3) is 11.1 Å². The van der Waals surface area contributed by atoms with Gasteiger partial charge in [-0.25, -0.2) is 0 Å². The van der Waals surface area contributed by atoms with Crippen molar-refractivity contribution < 1.29 is 14.8 Å². The van der Waals surface area contributed by atoms with Gasteiger partial charge in [-0.1, -0.05) is 72.8 Å². The number of nitrogens with zero attached hydrogens (tertiary/aromatic N) is 1. The average molecular weight is 519 g/mol. The van der Waals surface area contributed by atoms with Crippen molar-refractivity contribution in [2.45, 2.75) is 25.4 Å². The molecule has 0 heterocycles. The van der Waals surface area contributed by atoms with E-state index < -0.39 is 0 Å². The van der Waals surface area contributed by atoms with Crippen molar-refractivity contribution in [1.82, 2.24) is 5.32 Å². The second-order valence-electron chi connectivity index (χ2n) is 10.4. The number of quaternary nitrogens is 1. The van der Waals surface area contributed by atoms with E-state index >= 15 is 0 Å². The molecule has 0 saturated heterocycles. The first kappa shape index (κ1) is 27.8. The molecule has 2 atom stereocenters. The minimum atomic E-state index is -0.291. The first-order valence-corrected chi connectivity index (χ1v) is 13.4. The fraction of sp³-hybridized carbons (Fsp3) is 0.235. The zero-order valence-corrected chi connectivity index (χ0v) is 22.6. The number of aliphatic hydroxyl groups is 1. The van der Waals surface area contributed by atoms with Gasteiger partial charge in [-0.2, -0.15) is 5.26 Å². The summed E-state index contributed by atoms with van der Waals surface area (Å²) in [5.41, 5.74) is 6.67. The van der Waals surface area contributed by atoms with Gasteiger partial charge in [0.2, 0.25) is 0 Å². The van der Waals surface area contributed by atoms with Crippen LogP contribution in [-0.4, -0.2) is 37.8 Å². The molecular formula is C34H36N3O2+. The zero-order valence-electron chi connectivity index (χ0n) is 22.6. The van der Waals surface area contributed by atoms with Gasteiger partial charge >= 0.3 is 0 Å². The van der Waals surface area contributed by atoms with Gasteiger partial charge in [-0.3, -0.25) is 4.79 Å². The largest absolute Gasteiger partial charge is 0.396 e. The molecular weight excluding hydrogens is 482 g/mol. The number of benzene rings is 4. The minimum Gasteiger partial charge on any atom is -0.396 e. The lowest BCUT2D eigenvalue weighted by Crippen LogP contribution is -3.04. The summed E-state index contributed by atoms with van der Waals surface area (Å²) in [6.07, 6.45) is 1.14. The lowest BCUT2D eigenvalue weighted by Gasteiger charge is -2.27. The third-order valence-electron chi connectivity index (χ3n) is 6.94. The van der Waals surface area contributed by atoms with Crippen LogP contribution in [0, 0.1) is 17.2 Å². The van der Waals surface area contributed by atoms with E-state index in [2.05, 4.69) is 49.7 Å². The van der Waals surface area contributed by atoms with E-state index in [1.54, 1.807) is 6.07 Å². The van der Waals surface area contributed by atoms with Crippen LogP contribution in [0.1, 0.15) is 32.6 Å². The standard InChI is InChI=1S/C34H35N3O2/c1-37(2)23-28-12-7-13-31(20-28)29-14-16-30(17-15-29)34(39)36-33(21-25-8-4-3-5-9-25)32(24-38)19-26-10-6-11-27(18-26)22-35/h3-18,20,32-33,38H,19,21,23-24H2,1-2H3,(H,36,39)/p+1. The molecule has 0 aliphatic heterocycles. The lowest BCUT2D eigenvalue weighted by molar-refractivity contribution is -0.872. The van der Waals surface area contributed by atoms with Gasteiger partial charge in [0.25, 0.3) is 5.91 Å². The van der Waals surface area contributed by atoms with Crippen LogP contribution < -0.4 is 10.2 Å². The number of hydrogen-bond acceptors (Lipinski definition) is 3. The normalized spacial score (nSPS) is 12.5. The van der Waals surface area contributed by atoms with Crippen molar-refractivity contribution >= 4 is 5.91 Å². The smallest absolute Gasteiger partial charge is 0.251 e. The maximum absolute atomic E-state index is 13.4. The monoisotopic (exact) mass is 518 g/mol. The molecule has 0 aromatic heterocycles. The molecule has 5 heteroatoms. The predicted octanol–water partition coefficient (Wildman–Crippen LogP) is 4.06. The average Bonchev–Trinajstić information content (AvgIpc) is 2.96. The highest BCUT2D eigenvalue weighted by Crippen LogP contribution is 2.22. The molecule has 4 aromatic carbocycles. The highest BCUT2D eigenvalue weighted by Gasteiger charge is 2.24. The van der Waals surface area contributed by atoms with Crippen LogP contribution in [0.3, 0.4) is 0 Å². The van der Waals surface area contributed by atoms with Gasteiger partial charge in [0.15, 0.2) is 0 Å². The molecule has 4 rings (SSSR count). The fourth-order valence-corrected chi connectivity index (χ4v) is 4.94. The Kier molecular flexibility index (Phi) is 9.64. The second kappa shape index (κ2) is 13.5. The molecule has 0 spiro atoms. The highest BCUT2D eigenvalue weighted by atomic mass is 16.3. The topological polar surface area (TPSA) is 77.6 Å². The minimum absolute atomic E-state index is 0.0848. The van der Waals surface area contributed by atoms with Gasteiger partial charge in [0.05, 0.1) is 25.7 Å². The maximum atomic E-state index is 13.4. The molecule has 0 aliphatic rings. The van der Waals surface area contributed by atoms with E-state index in [0.717, 1.165) is 28.8 Å². The third-order valence-corrected chi connectivity index (χ3v) is 6.94. The number of carbonyl (C=O) groups is 1. The van der Waals surface area contributed by atoms with Gasteiger partial charge in [0.1, 0.15) is 6.54 Å². The predicted molar refractivity (Wildman–Crippen MR) is 155 cm³/mol. The third kappa shape index (κ3) is 7.87. The zero-order chi connectivity index (χ0) is 27.6. The molecule has 0 aliphatic carbocycles. The Hall–Kier alpha value is -4.24. The van der Waals surface area contributed by atoms with E-state index in [4.69, 9.17) is 0 Å². The first-order valence-electron chi connectivity index (χ1n) is 13.4. The number of hydrogen-bond donors (Lipinski definition) is 3. The number of rotatable bonds is 11. The Bertz CT molecular complexity index is 1410. The fourth-order valence-electron chi connectivity index (χ4n) is 4.94. The molecule has 0 bridgehead atoms. The number of aliphatic hydroxyl groups excluding tert-OH is 1. The number of amides is 1. The Morgan fingerprint density at radius 3 is 2.21 bits per heavy atom. The summed E-state index contributed by atoms with van der Waals surface area (Å²) < 4.78 is 0. The Labute approximate surface area is 231 Å². The van der Waals surface area contributed by atoms with E-state index in [9.17, 15) is 15.2 Å². The van der Waals surface area contributed by atoms with Crippen LogP contribution in [-0.2, 0) is 19.4 Å². The lowest BCUT2D eigenvalue weighted by atomic mass is 9.88. The summed E-state index contributed by atoms with van der Waals surface area (Å²) in [7, 11) is 4.27. The summed E-state index contributed by atoms with van der Waals surface area (Å²) >= 11 is 0. The molecule has 2 unspecified atom stereocenters. The number of nitrogens with one attached hydrogen (secondary N) is 2. The molecule has 39 heavy (non-hydrogen) atoms. The highest BCUT2D eigenvalue weighted by molar-refractivity contribution is 5.95. The first-order chi connectivity index (χ1) is 18.9. The molecule has 3 N–H and O–H groups in total. The molecule has 0 saturated carbocycles. The molecule has 5 nitrogen and oxygen atoms in total. The summed E-state index contributed by atoms with van der Waals surface area (Å²) in [5.74, 6) is -0.388. The van der Waals surface area contributed by atoms with Gasteiger partial charge < -0.3 is 15.3 Å². The maximum Gasteiger partial charge on any atom is 0.251 e. The van der Waals surface area contributed by atoms with Crippen molar-refractivity contribution in [2.75, 3.05) is 20.7 Å². The van der Waals surface area contributed by atoms with E-state index in [-0.39, 0.29) is 24.5 Å². The van der Waals surface area contributed by atoms with Crippen LogP contribution in [0.15, 0.2) is 103 Å². The SMILES string of the molecule is C[NH+](C)Cc1cccc(-c2ccc(C(=O)NC(Cc3ccccc3)C(CO)Cc3cccc(C#N)c3)cc2)c1. The van der Waals surface area contributed by atoms with Crippen LogP contribution >= 0.6 is 0 Å². The number of carbonyl (C=O) groups excluding carboxylic acids is 1. The van der Waals surface area contributed by atoms with E-state index in [1.807, 2.05) is 72.8 Å². The van der Waals surface area contributed by atoms with Gasteiger partial charge in [-0.05, 0) is 65.4 Å². The molecule has 198 valence electrons.